The van der Waals surface area contributed by atoms with Crippen LogP contribution in [0.1, 0.15) is 44.5 Å². The number of methoxy groups -OCH3 is 1. The molecule has 0 amide bonds. The number of esters is 3. The largest absolute Gasteiger partial charge is 0.508 e. The van der Waals surface area contributed by atoms with E-state index in [9.17, 15) is 28.0 Å². The molecule has 0 spiro atoms. The minimum atomic E-state index is -3.70. The molecule has 9 nitrogen and oxygen atoms in total. The van der Waals surface area contributed by atoms with Crippen molar-refractivity contribution in [2.24, 2.45) is 10.8 Å². The van der Waals surface area contributed by atoms with Gasteiger partial charge in [0, 0.05) is 11.8 Å². The summed E-state index contributed by atoms with van der Waals surface area (Å²) in [6.07, 6.45) is -1.20. The third kappa shape index (κ3) is 11.5. The zero-order valence-electron chi connectivity index (χ0n) is 24.2. The van der Waals surface area contributed by atoms with Gasteiger partial charge < -0.3 is 23.7 Å². The number of halogens is 3. The molecule has 0 aliphatic heterocycles. The lowest BCUT2D eigenvalue weighted by molar-refractivity contribution is -0.170. The van der Waals surface area contributed by atoms with Crippen LogP contribution in [0.2, 0.25) is 19.6 Å². The van der Waals surface area contributed by atoms with Crippen LogP contribution in [0.4, 0.5) is 13.6 Å². The van der Waals surface area contributed by atoms with Crippen LogP contribution >= 0.6 is 15.9 Å². The Balaban J connectivity index is 2.62. The van der Waals surface area contributed by atoms with Crippen molar-refractivity contribution in [1.29, 1.82) is 0 Å². The van der Waals surface area contributed by atoms with E-state index in [-0.39, 0.29) is 4.83 Å². The Kier molecular flexibility index (Phi) is 12.8. The molecule has 0 N–H and O–H groups in total. The van der Waals surface area contributed by atoms with E-state index in [1.807, 2.05) is 12.1 Å². The minimum absolute atomic E-state index is 0.208. The Labute approximate surface area is 243 Å². The lowest BCUT2D eigenvalue weighted by Gasteiger charge is -2.27. The number of ether oxygens (including phenoxy) is 5. The molecule has 40 heavy (non-hydrogen) atoms. The second-order valence-corrected chi connectivity index (χ2v) is 17.7. The van der Waals surface area contributed by atoms with Crippen LogP contribution in [0.15, 0.2) is 24.3 Å². The predicted octanol–water partition coefficient (Wildman–Crippen LogP) is 5.16. The van der Waals surface area contributed by atoms with Crippen molar-refractivity contribution in [3.8, 4) is 0 Å². The normalized spacial score (nSPS) is 14.4. The molecule has 2 unspecified atom stereocenters. The predicted molar refractivity (Wildman–Crippen MR) is 149 cm³/mol. The van der Waals surface area contributed by atoms with E-state index < -0.39 is 75.3 Å². The molecule has 0 aliphatic carbocycles. The van der Waals surface area contributed by atoms with E-state index in [0.29, 0.717) is 6.42 Å². The van der Waals surface area contributed by atoms with Gasteiger partial charge in [0.15, 0.2) is 13.2 Å². The van der Waals surface area contributed by atoms with Crippen LogP contribution < -0.4 is 5.19 Å². The smallest absolute Gasteiger partial charge is 0.468 e. The van der Waals surface area contributed by atoms with Crippen LogP contribution in [-0.4, -0.2) is 71.6 Å². The number of hydrogen-bond donors (Lipinski definition) is 0. The maximum Gasteiger partial charge on any atom is 0.508 e. The standard InChI is InChI=1S/C27H39BrF2O9Si/c1-18(31)36-14-26(4,23(33)35-5)15-38-24(34)39-17-27(29,30)16-37-22(32)25(2,3)13-21(28)19-9-11-20(12-10-19)40(6,7)8/h9-12,21H,13-17H2,1-8H3. The third-order valence-electron chi connectivity index (χ3n) is 5.98. The van der Waals surface area contributed by atoms with Crippen LogP contribution in [0.25, 0.3) is 0 Å². The van der Waals surface area contributed by atoms with Gasteiger partial charge in [0.25, 0.3) is 0 Å². The van der Waals surface area contributed by atoms with Gasteiger partial charge in [-0.2, -0.15) is 8.78 Å². The quantitative estimate of drug-likeness (QED) is 0.116. The van der Waals surface area contributed by atoms with E-state index in [0.717, 1.165) is 19.6 Å². The summed E-state index contributed by atoms with van der Waals surface area (Å²) in [6, 6.07) is 8.12. The molecular weight excluding hydrogens is 614 g/mol. The zero-order valence-corrected chi connectivity index (χ0v) is 26.8. The van der Waals surface area contributed by atoms with E-state index in [1.54, 1.807) is 13.8 Å². The molecule has 1 rings (SSSR count). The van der Waals surface area contributed by atoms with Gasteiger partial charge in [-0.25, -0.2) is 4.79 Å². The van der Waals surface area contributed by atoms with E-state index >= 15 is 0 Å². The number of hydrogen-bond acceptors (Lipinski definition) is 9. The first kappa shape index (κ1) is 35.5. The number of alkyl halides is 3. The Morgan fingerprint density at radius 2 is 1.35 bits per heavy atom. The van der Waals surface area contributed by atoms with Gasteiger partial charge in [0.2, 0.25) is 0 Å². The second kappa shape index (κ2) is 14.4. The first-order valence-corrected chi connectivity index (χ1v) is 16.9. The van der Waals surface area contributed by atoms with Crippen molar-refractivity contribution >= 4 is 53.3 Å². The topological polar surface area (TPSA) is 114 Å². The van der Waals surface area contributed by atoms with Crippen molar-refractivity contribution in [1.82, 2.24) is 0 Å². The van der Waals surface area contributed by atoms with E-state index in [2.05, 4.69) is 57.2 Å². The average Bonchev–Trinajstić information content (AvgIpc) is 2.87. The number of rotatable bonds is 14. The first-order chi connectivity index (χ1) is 18.2. The van der Waals surface area contributed by atoms with Crippen LogP contribution in [0.3, 0.4) is 0 Å². The number of carbonyl (C=O) groups is 4. The SMILES string of the molecule is COC(=O)C(C)(COC(C)=O)COC(=O)OCC(F)(F)COC(=O)C(C)(C)CC(Br)c1ccc([Si](C)(C)C)cc1. The summed E-state index contributed by atoms with van der Waals surface area (Å²) in [7, 11) is -0.377. The van der Waals surface area contributed by atoms with Gasteiger partial charge in [0.1, 0.15) is 18.6 Å². The van der Waals surface area contributed by atoms with Crippen molar-refractivity contribution in [3.63, 3.8) is 0 Å². The number of carbonyl (C=O) groups excluding carboxylic acids is 4. The molecule has 0 bridgehead atoms. The summed E-state index contributed by atoms with van der Waals surface area (Å²) in [5, 5.41) is 1.29. The van der Waals surface area contributed by atoms with E-state index in [1.165, 1.54) is 12.1 Å². The fourth-order valence-electron chi connectivity index (χ4n) is 3.34. The Morgan fingerprint density at radius 1 is 0.850 bits per heavy atom. The van der Waals surface area contributed by atoms with Crippen LogP contribution in [-0.2, 0) is 38.1 Å². The molecule has 0 aromatic heterocycles. The summed E-state index contributed by atoms with van der Waals surface area (Å²) in [5.41, 5.74) is -1.72. The molecule has 13 heteroatoms. The summed E-state index contributed by atoms with van der Waals surface area (Å²) < 4.78 is 52.1. The Hall–Kier alpha value is -2.54. The zero-order chi connectivity index (χ0) is 30.9. The minimum Gasteiger partial charge on any atom is -0.468 e. The molecule has 0 fully saturated rings. The van der Waals surface area contributed by atoms with Gasteiger partial charge in [0.05, 0.1) is 20.6 Å². The lowest BCUT2D eigenvalue weighted by Crippen LogP contribution is -2.40. The summed E-state index contributed by atoms with van der Waals surface area (Å²) in [4.78, 5) is 47.3. The van der Waals surface area contributed by atoms with Gasteiger partial charge in [-0.15, -0.1) is 0 Å². The third-order valence-corrected chi connectivity index (χ3v) is 8.89. The molecule has 0 aliphatic rings. The Morgan fingerprint density at radius 3 is 1.85 bits per heavy atom. The molecular formula is C27H39BrF2O9Si. The van der Waals surface area contributed by atoms with E-state index in [4.69, 9.17) is 14.2 Å². The molecule has 226 valence electrons. The molecule has 0 radical (unpaired) electrons. The molecule has 1 aromatic rings. The highest BCUT2D eigenvalue weighted by atomic mass is 79.9. The summed E-state index contributed by atoms with van der Waals surface area (Å²) in [6.45, 7) is 8.47. The number of benzene rings is 1. The van der Waals surface area contributed by atoms with Gasteiger partial charge in [-0.1, -0.05) is 65.0 Å². The van der Waals surface area contributed by atoms with Crippen molar-refractivity contribution in [3.05, 3.63) is 29.8 Å². The molecule has 1 aromatic carbocycles. The molecule has 0 heterocycles. The first-order valence-electron chi connectivity index (χ1n) is 12.5. The maximum atomic E-state index is 14.3. The highest BCUT2D eigenvalue weighted by Gasteiger charge is 2.40. The van der Waals surface area contributed by atoms with Crippen molar-refractivity contribution in [2.75, 3.05) is 33.5 Å². The van der Waals surface area contributed by atoms with Crippen LogP contribution in [0, 0.1) is 10.8 Å². The summed E-state index contributed by atoms with van der Waals surface area (Å²) in [5.74, 6) is -6.07. The summed E-state index contributed by atoms with van der Waals surface area (Å²) >= 11 is 3.59. The lowest BCUT2D eigenvalue weighted by atomic mass is 9.86. The van der Waals surface area contributed by atoms with Gasteiger partial charge in [-0.05, 0) is 32.8 Å². The fourth-order valence-corrected chi connectivity index (χ4v) is 5.62. The maximum absolute atomic E-state index is 14.3. The van der Waals surface area contributed by atoms with Crippen LogP contribution in [0.5, 0.6) is 0 Å². The van der Waals surface area contributed by atoms with Crippen molar-refractivity contribution in [2.45, 2.75) is 64.5 Å². The highest BCUT2D eigenvalue weighted by Crippen LogP contribution is 2.37. The molecule has 0 saturated heterocycles. The second-order valence-electron chi connectivity index (χ2n) is 11.5. The Bertz CT molecular complexity index is 1040. The van der Waals surface area contributed by atoms with Gasteiger partial charge >= 0.3 is 30.0 Å². The average molecular weight is 654 g/mol. The highest BCUT2D eigenvalue weighted by molar-refractivity contribution is 9.09. The monoisotopic (exact) mass is 652 g/mol. The fraction of sp³-hybridized carbons (Fsp3) is 0.630. The van der Waals surface area contributed by atoms with Crippen molar-refractivity contribution < 1.29 is 51.6 Å². The molecule has 0 saturated carbocycles. The van der Waals surface area contributed by atoms with Gasteiger partial charge in [-0.3, -0.25) is 14.4 Å². The molecule has 2 atom stereocenters.